The van der Waals surface area contributed by atoms with Gasteiger partial charge in [-0.05, 0) is 24.7 Å². The maximum atomic E-state index is 12.4. The first kappa shape index (κ1) is 16.6. The zero-order valence-corrected chi connectivity index (χ0v) is 14.8. The second-order valence-corrected chi connectivity index (χ2v) is 6.67. The Kier molecular flexibility index (Phi) is 4.58. The van der Waals surface area contributed by atoms with E-state index < -0.39 is 0 Å². The van der Waals surface area contributed by atoms with E-state index in [1.165, 1.54) is 0 Å². The summed E-state index contributed by atoms with van der Waals surface area (Å²) in [6, 6.07) is 15.6. The molecule has 3 aromatic rings. The van der Waals surface area contributed by atoms with E-state index in [2.05, 4.69) is 34.4 Å². The summed E-state index contributed by atoms with van der Waals surface area (Å²) in [6.45, 7) is 3.29. The third-order valence-corrected chi connectivity index (χ3v) is 4.67. The van der Waals surface area contributed by atoms with Crippen LogP contribution in [0.1, 0.15) is 11.5 Å². The third-order valence-electron chi connectivity index (χ3n) is 4.67. The highest BCUT2D eigenvalue weighted by atomic mass is 16.3. The minimum absolute atomic E-state index is 0.0681. The molecule has 0 bridgehead atoms. The summed E-state index contributed by atoms with van der Waals surface area (Å²) in [5.74, 6) is 0.675. The second kappa shape index (κ2) is 7.17. The largest absolute Gasteiger partial charge is 0.440 e. The lowest BCUT2D eigenvalue weighted by Crippen LogP contribution is -2.48. The molecule has 1 fully saturated rings. The first-order chi connectivity index (χ1) is 12.7. The summed E-state index contributed by atoms with van der Waals surface area (Å²) in [5, 5.41) is 2.96. The quantitative estimate of drug-likeness (QED) is 0.788. The van der Waals surface area contributed by atoms with Crippen LogP contribution in [0, 0.1) is 0 Å². The normalized spacial score (nSPS) is 15.3. The number of fused-ring (bicyclic) bond motifs is 1. The number of hydrogen-bond donors (Lipinski definition) is 1. The van der Waals surface area contributed by atoms with Crippen molar-refractivity contribution in [2.45, 2.75) is 6.42 Å². The smallest absolute Gasteiger partial charge is 0.321 e. The molecule has 1 aliphatic rings. The molecule has 0 radical (unpaired) electrons. The number of hydrogen-bond acceptors (Lipinski definition) is 4. The lowest BCUT2D eigenvalue weighted by molar-refractivity contribution is 0.164. The molecule has 0 spiro atoms. The van der Waals surface area contributed by atoms with Crippen molar-refractivity contribution in [3.05, 3.63) is 60.0 Å². The average molecular weight is 350 g/mol. The van der Waals surface area contributed by atoms with Crippen molar-refractivity contribution in [1.82, 2.24) is 14.8 Å². The molecule has 0 aliphatic carbocycles. The lowest BCUT2D eigenvalue weighted by atomic mass is 10.1. The van der Waals surface area contributed by atoms with Gasteiger partial charge < -0.3 is 19.5 Å². The monoisotopic (exact) mass is 350 g/mol. The topological polar surface area (TPSA) is 61.6 Å². The van der Waals surface area contributed by atoms with E-state index in [9.17, 15) is 4.79 Å². The Bertz CT molecular complexity index is 899. The molecule has 4 rings (SSSR count). The van der Waals surface area contributed by atoms with Crippen molar-refractivity contribution in [2.24, 2.45) is 0 Å². The van der Waals surface area contributed by atoms with Crippen LogP contribution >= 0.6 is 0 Å². The summed E-state index contributed by atoms with van der Waals surface area (Å²) in [4.78, 5) is 21.0. The van der Waals surface area contributed by atoms with E-state index in [0.29, 0.717) is 17.9 Å². The number of carbonyl (C=O) groups is 1. The fraction of sp³-hybridized carbons (Fsp3) is 0.300. The van der Waals surface area contributed by atoms with Gasteiger partial charge in [-0.15, -0.1) is 0 Å². The Labute approximate surface area is 152 Å². The van der Waals surface area contributed by atoms with Gasteiger partial charge in [0.15, 0.2) is 11.5 Å². The standard InChI is InChI=1S/C20H22N4O2/c1-23-9-11-24(12-10-23)20(25)21-16-7-8-17-18(14-16)26-19(22-17)13-15-5-3-2-4-6-15/h2-8,14H,9-13H2,1H3,(H,21,25). The molecule has 1 aromatic heterocycles. The average Bonchev–Trinajstić information content (AvgIpc) is 3.04. The number of carbonyl (C=O) groups excluding carboxylic acids is 1. The number of urea groups is 1. The van der Waals surface area contributed by atoms with Crippen LogP contribution in [0.3, 0.4) is 0 Å². The minimum Gasteiger partial charge on any atom is -0.440 e. The molecular formula is C20H22N4O2. The summed E-state index contributed by atoms with van der Waals surface area (Å²) in [7, 11) is 2.07. The van der Waals surface area contributed by atoms with Crippen LogP contribution in [0.4, 0.5) is 10.5 Å². The summed E-state index contributed by atoms with van der Waals surface area (Å²) < 4.78 is 5.87. The number of likely N-dealkylation sites (N-methyl/N-ethyl adjacent to an activating group) is 1. The van der Waals surface area contributed by atoms with Crippen LogP contribution in [0.25, 0.3) is 11.1 Å². The molecule has 134 valence electrons. The van der Waals surface area contributed by atoms with Crippen LogP contribution in [0.5, 0.6) is 0 Å². The molecular weight excluding hydrogens is 328 g/mol. The lowest BCUT2D eigenvalue weighted by Gasteiger charge is -2.32. The molecule has 1 saturated heterocycles. The number of aromatic nitrogens is 1. The van der Waals surface area contributed by atoms with Gasteiger partial charge in [0.2, 0.25) is 0 Å². The fourth-order valence-corrected chi connectivity index (χ4v) is 3.11. The summed E-state index contributed by atoms with van der Waals surface area (Å²) in [5.41, 5.74) is 3.37. The van der Waals surface area contributed by atoms with Gasteiger partial charge in [-0.3, -0.25) is 0 Å². The van der Waals surface area contributed by atoms with E-state index in [1.54, 1.807) is 0 Å². The zero-order chi connectivity index (χ0) is 17.9. The van der Waals surface area contributed by atoms with Gasteiger partial charge in [0.05, 0.1) is 0 Å². The summed E-state index contributed by atoms with van der Waals surface area (Å²) in [6.07, 6.45) is 0.651. The Balaban J connectivity index is 1.46. The fourth-order valence-electron chi connectivity index (χ4n) is 3.11. The first-order valence-electron chi connectivity index (χ1n) is 8.85. The Hall–Kier alpha value is -2.86. The molecule has 0 unspecified atom stereocenters. The van der Waals surface area contributed by atoms with Gasteiger partial charge in [0, 0.05) is 44.4 Å². The minimum atomic E-state index is -0.0681. The molecule has 6 nitrogen and oxygen atoms in total. The van der Waals surface area contributed by atoms with Crippen molar-refractivity contribution in [3.8, 4) is 0 Å². The van der Waals surface area contributed by atoms with Gasteiger partial charge in [-0.1, -0.05) is 30.3 Å². The maximum absolute atomic E-state index is 12.4. The number of amides is 2. The van der Waals surface area contributed by atoms with Crippen LogP contribution in [0.2, 0.25) is 0 Å². The Morgan fingerprint density at radius 3 is 2.65 bits per heavy atom. The maximum Gasteiger partial charge on any atom is 0.321 e. The Morgan fingerprint density at radius 1 is 1.12 bits per heavy atom. The molecule has 1 N–H and O–H groups in total. The van der Waals surface area contributed by atoms with Gasteiger partial charge in [0.25, 0.3) is 0 Å². The van der Waals surface area contributed by atoms with E-state index in [-0.39, 0.29) is 6.03 Å². The number of benzene rings is 2. The number of oxazole rings is 1. The number of nitrogens with zero attached hydrogens (tertiary/aromatic N) is 3. The summed E-state index contributed by atoms with van der Waals surface area (Å²) >= 11 is 0. The van der Waals surface area contributed by atoms with Crippen LogP contribution < -0.4 is 5.32 Å². The molecule has 6 heteroatoms. The molecule has 0 saturated carbocycles. The first-order valence-corrected chi connectivity index (χ1v) is 8.85. The molecule has 2 aromatic carbocycles. The highest BCUT2D eigenvalue weighted by Crippen LogP contribution is 2.22. The SMILES string of the molecule is CN1CCN(C(=O)Nc2ccc3nc(Cc4ccccc4)oc3c2)CC1. The molecule has 1 aliphatic heterocycles. The third kappa shape index (κ3) is 3.70. The van der Waals surface area contributed by atoms with Crippen LogP contribution in [0.15, 0.2) is 52.9 Å². The molecule has 26 heavy (non-hydrogen) atoms. The highest BCUT2D eigenvalue weighted by Gasteiger charge is 2.19. The van der Waals surface area contributed by atoms with Crippen LogP contribution in [-0.2, 0) is 6.42 Å². The van der Waals surface area contributed by atoms with E-state index in [0.717, 1.165) is 42.9 Å². The number of piperazine rings is 1. The van der Waals surface area contributed by atoms with E-state index >= 15 is 0 Å². The molecule has 2 heterocycles. The van der Waals surface area contributed by atoms with Crippen molar-refractivity contribution >= 4 is 22.8 Å². The number of anilines is 1. The van der Waals surface area contributed by atoms with Crippen molar-refractivity contribution in [2.75, 3.05) is 38.5 Å². The highest BCUT2D eigenvalue weighted by molar-refractivity contribution is 5.91. The van der Waals surface area contributed by atoms with Crippen LogP contribution in [-0.4, -0.2) is 54.0 Å². The predicted octanol–water partition coefficient (Wildman–Crippen LogP) is 3.20. The van der Waals surface area contributed by atoms with Crippen molar-refractivity contribution in [1.29, 1.82) is 0 Å². The van der Waals surface area contributed by atoms with Gasteiger partial charge in [-0.2, -0.15) is 0 Å². The van der Waals surface area contributed by atoms with E-state index in [1.807, 2.05) is 41.3 Å². The van der Waals surface area contributed by atoms with Gasteiger partial charge in [0.1, 0.15) is 5.52 Å². The second-order valence-electron chi connectivity index (χ2n) is 6.67. The zero-order valence-electron chi connectivity index (χ0n) is 14.8. The Morgan fingerprint density at radius 2 is 1.88 bits per heavy atom. The van der Waals surface area contributed by atoms with E-state index in [4.69, 9.17) is 4.42 Å². The predicted molar refractivity (Wildman–Crippen MR) is 101 cm³/mol. The number of nitrogens with one attached hydrogen (secondary N) is 1. The van der Waals surface area contributed by atoms with Crippen molar-refractivity contribution in [3.63, 3.8) is 0 Å². The molecule has 0 atom stereocenters. The molecule has 2 amide bonds. The van der Waals surface area contributed by atoms with Gasteiger partial charge >= 0.3 is 6.03 Å². The van der Waals surface area contributed by atoms with Crippen molar-refractivity contribution < 1.29 is 9.21 Å². The number of rotatable bonds is 3. The van der Waals surface area contributed by atoms with Gasteiger partial charge in [-0.25, -0.2) is 9.78 Å².